The molecule has 1 fully saturated rings. The molecule has 0 radical (unpaired) electrons. The average molecular weight is 351 g/mol. The van der Waals surface area contributed by atoms with E-state index in [1.807, 2.05) is 0 Å². The zero-order chi connectivity index (χ0) is 13.3. The lowest BCUT2D eigenvalue weighted by atomic mass is 10.2. The summed E-state index contributed by atoms with van der Waals surface area (Å²) >= 11 is 0. The molecular formula is C10H14Cl2F2N2O3S. The summed E-state index contributed by atoms with van der Waals surface area (Å²) in [5.41, 5.74) is 0. The van der Waals surface area contributed by atoms with Crippen LogP contribution in [0.1, 0.15) is 0 Å². The molecule has 1 aromatic rings. The van der Waals surface area contributed by atoms with E-state index >= 15 is 0 Å². The number of rotatable bonds is 3. The number of nitrogens with one attached hydrogen (secondary N) is 2. The van der Waals surface area contributed by atoms with Crippen LogP contribution in [0.25, 0.3) is 0 Å². The molecule has 1 aliphatic rings. The number of halogens is 4. The van der Waals surface area contributed by atoms with Gasteiger partial charge in [-0.05, 0) is 12.1 Å². The Hall–Kier alpha value is -0.510. The molecule has 1 saturated heterocycles. The summed E-state index contributed by atoms with van der Waals surface area (Å²) < 4.78 is 52.5. The van der Waals surface area contributed by atoms with Gasteiger partial charge in [-0.2, -0.15) is 0 Å². The van der Waals surface area contributed by atoms with E-state index in [0.29, 0.717) is 0 Å². The van der Waals surface area contributed by atoms with Crippen LogP contribution in [0.3, 0.4) is 0 Å². The highest BCUT2D eigenvalue weighted by atomic mass is 35.5. The molecule has 2 atom stereocenters. The van der Waals surface area contributed by atoms with E-state index in [4.69, 9.17) is 0 Å². The van der Waals surface area contributed by atoms with Crippen LogP contribution < -0.4 is 10.0 Å². The Kier molecular flexibility index (Phi) is 7.29. The number of benzene rings is 1. The number of hydrogen-bond donors (Lipinski definition) is 3. The maximum Gasteiger partial charge on any atom is 0.246 e. The van der Waals surface area contributed by atoms with Gasteiger partial charge in [0.2, 0.25) is 10.0 Å². The molecule has 2 rings (SSSR count). The SMILES string of the molecule is Cl.Cl.O=S(=O)(N[C@@H]1CNC[C@H]1O)c1c(F)cccc1F. The molecule has 0 bridgehead atoms. The zero-order valence-electron chi connectivity index (χ0n) is 10.0. The molecule has 10 heteroatoms. The van der Waals surface area contributed by atoms with Crippen LogP contribution in [0.2, 0.25) is 0 Å². The second-order valence-electron chi connectivity index (χ2n) is 4.00. The molecule has 1 aliphatic heterocycles. The minimum atomic E-state index is -4.34. The average Bonchev–Trinajstić information content (AvgIpc) is 2.63. The lowest BCUT2D eigenvalue weighted by molar-refractivity contribution is 0.172. The normalized spacial score (nSPS) is 21.9. The molecule has 0 amide bonds. The molecule has 5 nitrogen and oxygen atoms in total. The van der Waals surface area contributed by atoms with Crippen molar-refractivity contribution in [2.75, 3.05) is 13.1 Å². The van der Waals surface area contributed by atoms with Crippen LogP contribution in [0.5, 0.6) is 0 Å². The van der Waals surface area contributed by atoms with Crippen molar-refractivity contribution < 1.29 is 22.3 Å². The topological polar surface area (TPSA) is 78.4 Å². The highest BCUT2D eigenvalue weighted by Gasteiger charge is 2.32. The highest BCUT2D eigenvalue weighted by molar-refractivity contribution is 7.89. The van der Waals surface area contributed by atoms with Crippen LogP contribution in [-0.4, -0.2) is 38.8 Å². The molecule has 1 aromatic carbocycles. The van der Waals surface area contributed by atoms with Crippen LogP contribution in [-0.2, 0) is 10.0 Å². The van der Waals surface area contributed by atoms with Gasteiger partial charge in [0, 0.05) is 13.1 Å². The van der Waals surface area contributed by atoms with E-state index in [9.17, 15) is 22.3 Å². The van der Waals surface area contributed by atoms with Gasteiger partial charge < -0.3 is 10.4 Å². The lowest BCUT2D eigenvalue weighted by Gasteiger charge is -2.16. The number of β-amino-alcohol motifs (C(OH)–C–C–N with tert-alkyl or cyclic N) is 1. The van der Waals surface area contributed by atoms with Gasteiger partial charge in [-0.3, -0.25) is 0 Å². The van der Waals surface area contributed by atoms with Gasteiger partial charge in [0.15, 0.2) is 4.90 Å². The van der Waals surface area contributed by atoms with Crippen molar-refractivity contribution in [3.8, 4) is 0 Å². The number of sulfonamides is 1. The Balaban J connectivity index is 0.00000180. The van der Waals surface area contributed by atoms with Crippen LogP contribution in [0.4, 0.5) is 8.78 Å². The van der Waals surface area contributed by atoms with E-state index in [-0.39, 0.29) is 37.9 Å². The van der Waals surface area contributed by atoms with Crippen molar-refractivity contribution in [3.05, 3.63) is 29.8 Å². The number of aliphatic hydroxyl groups excluding tert-OH is 1. The molecule has 0 aliphatic carbocycles. The first-order valence-corrected chi connectivity index (χ1v) is 6.75. The fourth-order valence-corrected chi connectivity index (χ4v) is 3.19. The van der Waals surface area contributed by atoms with Gasteiger partial charge in [0.05, 0.1) is 12.1 Å². The summed E-state index contributed by atoms with van der Waals surface area (Å²) in [6.45, 7) is 0.434. The van der Waals surface area contributed by atoms with Crippen molar-refractivity contribution in [1.82, 2.24) is 10.0 Å². The van der Waals surface area contributed by atoms with Gasteiger partial charge >= 0.3 is 0 Å². The maximum absolute atomic E-state index is 13.4. The fourth-order valence-electron chi connectivity index (χ4n) is 1.78. The van der Waals surface area contributed by atoms with Crippen LogP contribution in [0.15, 0.2) is 23.1 Å². The van der Waals surface area contributed by atoms with Gasteiger partial charge in [0.1, 0.15) is 11.6 Å². The second-order valence-corrected chi connectivity index (χ2v) is 5.65. The molecule has 0 spiro atoms. The first-order chi connectivity index (χ1) is 8.42. The minimum Gasteiger partial charge on any atom is -0.390 e. The lowest BCUT2D eigenvalue weighted by Crippen LogP contribution is -2.43. The Morgan fingerprint density at radius 3 is 2.20 bits per heavy atom. The Labute approximate surface area is 127 Å². The molecular weight excluding hydrogens is 337 g/mol. The van der Waals surface area contributed by atoms with E-state index in [0.717, 1.165) is 18.2 Å². The second kappa shape index (κ2) is 7.48. The third-order valence-corrected chi connectivity index (χ3v) is 4.22. The minimum absolute atomic E-state index is 0. The van der Waals surface area contributed by atoms with Gasteiger partial charge in [-0.25, -0.2) is 21.9 Å². The standard InChI is InChI=1S/C10H12F2N2O3S.2ClH/c11-6-2-1-3-7(12)10(6)18(16,17)14-8-4-13-5-9(8)15;;/h1-3,8-9,13-15H,4-5H2;2*1H/t8-,9-;;/m1../s1. The van der Waals surface area contributed by atoms with Crippen LogP contribution >= 0.6 is 24.8 Å². The summed E-state index contributed by atoms with van der Waals surface area (Å²) in [5, 5.41) is 12.2. The molecule has 0 aromatic heterocycles. The molecule has 1 heterocycles. The summed E-state index contributed by atoms with van der Waals surface area (Å²) in [5.74, 6) is -2.33. The fraction of sp³-hybridized carbons (Fsp3) is 0.400. The predicted molar refractivity (Wildman–Crippen MR) is 73.8 cm³/mol. The molecule has 20 heavy (non-hydrogen) atoms. The van der Waals surface area contributed by atoms with Crippen molar-refractivity contribution in [3.63, 3.8) is 0 Å². The zero-order valence-corrected chi connectivity index (χ0v) is 12.5. The van der Waals surface area contributed by atoms with Crippen LogP contribution in [0, 0.1) is 11.6 Å². The maximum atomic E-state index is 13.4. The Bertz CT molecular complexity index is 539. The third-order valence-electron chi connectivity index (χ3n) is 2.68. The van der Waals surface area contributed by atoms with E-state index < -0.39 is 38.7 Å². The van der Waals surface area contributed by atoms with Crippen molar-refractivity contribution in [1.29, 1.82) is 0 Å². The van der Waals surface area contributed by atoms with Crippen molar-refractivity contribution in [2.24, 2.45) is 0 Å². The van der Waals surface area contributed by atoms with Gasteiger partial charge in [-0.15, -0.1) is 24.8 Å². The number of hydrogen-bond acceptors (Lipinski definition) is 4. The third kappa shape index (κ3) is 4.00. The van der Waals surface area contributed by atoms with Crippen molar-refractivity contribution >= 4 is 34.8 Å². The number of aliphatic hydroxyl groups is 1. The summed E-state index contributed by atoms with van der Waals surface area (Å²) in [4.78, 5) is -1.02. The first kappa shape index (κ1) is 19.5. The summed E-state index contributed by atoms with van der Waals surface area (Å²) in [6.07, 6.45) is -0.922. The van der Waals surface area contributed by atoms with Crippen molar-refractivity contribution in [2.45, 2.75) is 17.0 Å². The first-order valence-electron chi connectivity index (χ1n) is 5.27. The Morgan fingerprint density at radius 1 is 1.20 bits per heavy atom. The molecule has 0 saturated carbocycles. The highest BCUT2D eigenvalue weighted by Crippen LogP contribution is 2.19. The van der Waals surface area contributed by atoms with Gasteiger partial charge in [0.25, 0.3) is 0 Å². The molecule has 116 valence electrons. The Morgan fingerprint density at radius 2 is 1.75 bits per heavy atom. The van der Waals surface area contributed by atoms with E-state index in [1.54, 1.807) is 0 Å². The van der Waals surface area contributed by atoms with Gasteiger partial charge in [-0.1, -0.05) is 6.07 Å². The summed E-state index contributed by atoms with van der Waals surface area (Å²) in [7, 11) is -4.34. The molecule has 0 unspecified atom stereocenters. The summed E-state index contributed by atoms with van der Waals surface area (Å²) in [6, 6.07) is 2.01. The predicted octanol–water partition coefficient (Wildman–Crippen LogP) is 0.419. The monoisotopic (exact) mass is 350 g/mol. The van der Waals surface area contributed by atoms with E-state index in [1.165, 1.54) is 0 Å². The smallest absolute Gasteiger partial charge is 0.246 e. The largest absolute Gasteiger partial charge is 0.390 e. The molecule has 3 N–H and O–H groups in total. The van der Waals surface area contributed by atoms with E-state index in [2.05, 4.69) is 10.0 Å². The quantitative estimate of drug-likeness (QED) is 0.738.